The van der Waals surface area contributed by atoms with E-state index >= 15 is 0 Å². The van der Waals surface area contributed by atoms with Gasteiger partial charge in [0.1, 0.15) is 17.4 Å². The van der Waals surface area contributed by atoms with E-state index in [1.807, 2.05) is 68.4 Å². The Hall–Kier alpha value is -4.43. The molecule has 3 heterocycles. The number of nitrogens with zero attached hydrogens (tertiary/aromatic N) is 4. The maximum Gasteiger partial charge on any atom is 0.283 e. The van der Waals surface area contributed by atoms with E-state index in [1.165, 1.54) is 22.3 Å². The zero-order valence-corrected chi connectivity index (χ0v) is 25.0. The summed E-state index contributed by atoms with van der Waals surface area (Å²) in [6, 6.07) is 24.5. The Balaban J connectivity index is 1.26. The number of benzene rings is 3. The third kappa shape index (κ3) is 5.18. The summed E-state index contributed by atoms with van der Waals surface area (Å²) >= 11 is 1.31. The van der Waals surface area contributed by atoms with Crippen LogP contribution in [-0.4, -0.2) is 38.1 Å². The molecule has 0 aliphatic carbocycles. The zero-order chi connectivity index (χ0) is 29.4. The van der Waals surface area contributed by atoms with Gasteiger partial charge in [0.15, 0.2) is 5.84 Å². The molecule has 1 amide bonds. The molecule has 0 saturated carbocycles. The number of nitrogens with one attached hydrogen (secondary N) is 1. The van der Waals surface area contributed by atoms with Gasteiger partial charge < -0.3 is 9.30 Å². The maximum absolute atomic E-state index is 13.2. The van der Waals surface area contributed by atoms with E-state index in [9.17, 15) is 4.79 Å². The number of thioether (sulfide) groups is 1. The molecule has 2 aliphatic rings. The van der Waals surface area contributed by atoms with Crippen molar-refractivity contribution in [3.05, 3.63) is 106 Å². The van der Waals surface area contributed by atoms with Crippen LogP contribution in [0.3, 0.4) is 0 Å². The number of hydrogen-bond acceptors (Lipinski definition) is 5. The van der Waals surface area contributed by atoms with Crippen molar-refractivity contribution in [3.8, 4) is 5.75 Å². The van der Waals surface area contributed by atoms with Crippen molar-refractivity contribution < 1.29 is 9.53 Å². The molecule has 8 heteroatoms. The number of amidine groups is 2. The molecule has 2 aliphatic heterocycles. The third-order valence-corrected chi connectivity index (χ3v) is 8.92. The minimum atomic E-state index is -0.431. The number of para-hydroxylation sites is 1. The summed E-state index contributed by atoms with van der Waals surface area (Å²) in [4.78, 5) is 17.5. The van der Waals surface area contributed by atoms with Gasteiger partial charge >= 0.3 is 0 Å². The molecule has 7 nitrogen and oxygen atoms in total. The van der Waals surface area contributed by atoms with E-state index in [2.05, 4.69) is 46.7 Å². The Morgan fingerprint density at radius 1 is 1.02 bits per heavy atom. The number of hydrazone groups is 1. The molecule has 1 unspecified atom stereocenters. The fourth-order valence-electron chi connectivity index (χ4n) is 5.26. The number of hydrogen-bond donors (Lipinski definition) is 1. The number of rotatable bonds is 8. The lowest BCUT2D eigenvalue weighted by Gasteiger charge is -2.20. The van der Waals surface area contributed by atoms with E-state index in [-0.39, 0.29) is 11.4 Å². The van der Waals surface area contributed by atoms with Gasteiger partial charge in [-0.25, -0.2) is 0 Å². The molecular formula is C34H33N5O2S. The molecule has 0 bridgehead atoms. The summed E-state index contributed by atoms with van der Waals surface area (Å²) in [5.41, 5.74) is 6.56. The third-order valence-electron chi connectivity index (χ3n) is 7.97. The summed E-state index contributed by atoms with van der Waals surface area (Å²) in [7, 11) is 0. The number of carbonyl (C=O) groups excluding carboxylic acids is 1. The number of ether oxygens (including phenoxy) is 1. The molecule has 1 aromatic heterocycles. The number of fused-ring (bicyclic) bond motifs is 2. The highest BCUT2D eigenvalue weighted by molar-refractivity contribution is 8.27. The Bertz CT molecular complexity index is 1780. The lowest BCUT2D eigenvalue weighted by molar-refractivity contribution is -0.114. The SMILES string of the molecule is CCC(C)c1ccc(OCCn2c(C)c(/C=C3/C(=N)N4N=C(c5ccc(C)cc5)SC4=NC3=O)c3ccccc32)cc1. The standard InChI is InChI=1S/C34H33N5O2S/c1-5-22(3)24-14-16-26(17-15-24)41-19-18-38-23(4)28(27-8-6-7-9-30(27)38)20-29-31(35)39-34(36-32(29)40)42-33(37-39)25-12-10-21(2)11-13-25/h6-17,20,22,35H,5,18-19H2,1-4H3/b29-20-,35-31?. The predicted octanol–water partition coefficient (Wildman–Crippen LogP) is 7.52. The van der Waals surface area contributed by atoms with E-state index in [1.54, 1.807) is 6.08 Å². The van der Waals surface area contributed by atoms with E-state index < -0.39 is 5.91 Å². The molecule has 0 saturated heterocycles. The topological polar surface area (TPSA) is 83.0 Å². The van der Waals surface area contributed by atoms with Crippen molar-refractivity contribution in [1.82, 2.24) is 9.58 Å². The summed E-state index contributed by atoms with van der Waals surface area (Å²) in [5, 5.41) is 17.1. The largest absolute Gasteiger partial charge is 0.492 e. The lowest BCUT2D eigenvalue weighted by Crippen LogP contribution is -2.35. The molecule has 0 spiro atoms. The Kier molecular flexibility index (Phi) is 7.56. The van der Waals surface area contributed by atoms with Crippen LogP contribution in [0.15, 0.2) is 88.5 Å². The number of amides is 1. The Labute approximate surface area is 250 Å². The second kappa shape index (κ2) is 11.4. The zero-order valence-electron chi connectivity index (χ0n) is 24.2. The van der Waals surface area contributed by atoms with Gasteiger partial charge in [-0.05, 0) is 67.8 Å². The van der Waals surface area contributed by atoms with Gasteiger partial charge in [-0.3, -0.25) is 10.2 Å². The average molecular weight is 576 g/mol. The van der Waals surface area contributed by atoms with Crippen molar-refractivity contribution in [2.45, 2.75) is 46.6 Å². The number of carbonyl (C=O) groups is 1. The molecule has 3 aromatic carbocycles. The van der Waals surface area contributed by atoms with Crippen molar-refractivity contribution in [2.75, 3.05) is 6.61 Å². The number of aliphatic imine (C=N–C) groups is 1. The van der Waals surface area contributed by atoms with Gasteiger partial charge in [0.2, 0.25) is 5.17 Å². The smallest absolute Gasteiger partial charge is 0.283 e. The summed E-state index contributed by atoms with van der Waals surface area (Å²) in [6.07, 6.45) is 2.90. The van der Waals surface area contributed by atoms with E-state index in [0.717, 1.165) is 50.5 Å². The van der Waals surface area contributed by atoms with Crippen LogP contribution in [0.5, 0.6) is 5.75 Å². The van der Waals surface area contributed by atoms with Crippen LogP contribution in [0.4, 0.5) is 0 Å². The van der Waals surface area contributed by atoms with E-state index in [0.29, 0.717) is 24.2 Å². The highest BCUT2D eigenvalue weighted by Gasteiger charge is 2.36. The Morgan fingerprint density at radius 3 is 2.50 bits per heavy atom. The first-order valence-electron chi connectivity index (χ1n) is 14.2. The average Bonchev–Trinajstić information content (AvgIpc) is 3.54. The summed E-state index contributed by atoms with van der Waals surface area (Å²) < 4.78 is 8.32. The van der Waals surface area contributed by atoms with Crippen LogP contribution in [0.2, 0.25) is 0 Å². The monoisotopic (exact) mass is 575 g/mol. The minimum absolute atomic E-state index is 0.0278. The maximum atomic E-state index is 13.2. The van der Waals surface area contributed by atoms with Crippen LogP contribution in [0.1, 0.15) is 54.1 Å². The normalized spacial score (nSPS) is 16.6. The Morgan fingerprint density at radius 2 is 1.76 bits per heavy atom. The van der Waals surface area contributed by atoms with Crippen molar-refractivity contribution in [2.24, 2.45) is 10.1 Å². The fraction of sp³-hybridized carbons (Fsp3) is 0.235. The van der Waals surface area contributed by atoms with Gasteiger partial charge in [0.05, 0.1) is 12.1 Å². The predicted molar refractivity (Wildman–Crippen MR) is 173 cm³/mol. The van der Waals surface area contributed by atoms with Crippen LogP contribution in [0.25, 0.3) is 17.0 Å². The number of aryl methyl sites for hydroxylation is 1. The van der Waals surface area contributed by atoms with Gasteiger partial charge in [-0.1, -0.05) is 74.0 Å². The molecule has 0 fully saturated rings. The fourth-order valence-corrected chi connectivity index (χ4v) is 6.16. The minimum Gasteiger partial charge on any atom is -0.492 e. The molecule has 1 N–H and O–H groups in total. The molecule has 4 aromatic rings. The van der Waals surface area contributed by atoms with Crippen LogP contribution < -0.4 is 4.74 Å². The first-order chi connectivity index (χ1) is 20.3. The molecule has 0 radical (unpaired) electrons. The second-order valence-corrected chi connectivity index (χ2v) is 11.6. The lowest BCUT2D eigenvalue weighted by atomic mass is 9.99. The summed E-state index contributed by atoms with van der Waals surface area (Å²) in [5.74, 6) is 0.976. The molecule has 6 rings (SSSR count). The first-order valence-corrected chi connectivity index (χ1v) is 15.0. The van der Waals surface area contributed by atoms with Gasteiger partial charge in [0.25, 0.3) is 5.91 Å². The summed E-state index contributed by atoms with van der Waals surface area (Å²) in [6.45, 7) is 9.65. The molecular weight excluding hydrogens is 542 g/mol. The van der Waals surface area contributed by atoms with Crippen molar-refractivity contribution in [1.29, 1.82) is 5.41 Å². The van der Waals surface area contributed by atoms with Gasteiger partial charge in [-0.2, -0.15) is 15.1 Å². The van der Waals surface area contributed by atoms with Gasteiger partial charge in [-0.15, -0.1) is 0 Å². The van der Waals surface area contributed by atoms with Crippen molar-refractivity contribution in [3.63, 3.8) is 0 Å². The highest BCUT2D eigenvalue weighted by Crippen LogP contribution is 2.33. The molecule has 42 heavy (non-hydrogen) atoms. The van der Waals surface area contributed by atoms with Crippen molar-refractivity contribution >= 4 is 50.7 Å². The van der Waals surface area contributed by atoms with Crippen LogP contribution in [-0.2, 0) is 11.3 Å². The van der Waals surface area contributed by atoms with E-state index in [4.69, 9.17) is 10.1 Å². The second-order valence-electron chi connectivity index (χ2n) is 10.7. The molecule has 1 atom stereocenters. The first kappa shape index (κ1) is 27.7. The van der Waals surface area contributed by atoms with Gasteiger partial charge in [0, 0.05) is 27.7 Å². The van der Waals surface area contributed by atoms with Crippen LogP contribution in [0, 0.1) is 19.3 Å². The quantitative estimate of drug-likeness (QED) is 0.220. The number of aromatic nitrogens is 1. The molecule has 212 valence electrons. The highest BCUT2D eigenvalue weighted by atomic mass is 32.2. The van der Waals surface area contributed by atoms with Crippen LogP contribution >= 0.6 is 11.8 Å².